The van der Waals surface area contributed by atoms with E-state index in [-0.39, 0.29) is 0 Å². The third-order valence-electron chi connectivity index (χ3n) is 4.58. The van der Waals surface area contributed by atoms with E-state index in [1.807, 2.05) is 0 Å². The molecule has 2 saturated heterocycles. The van der Waals surface area contributed by atoms with Crippen LogP contribution in [0.25, 0.3) is 0 Å². The molecule has 2 aliphatic heterocycles. The average Bonchev–Trinajstić information content (AvgIpc) is 2.38. The molecule has 18 heavy (non-hydrogen) atoms. The molecule has 0 radical (unpaired) electrons. The van der Waals surface area contributed by atoms with Crippen LogP contribution in [0.2, 0.25) is 0 Å². The Morgan fingerprint density at radius 2 is 1.83 bits per heavy atom. The van der Waals surface area contributed by atoms with Crippen LogP contribution in [0.4, 0.5) is 0 Å². The van der Waals surface area contributed by atoms with Crippen LogP contribution in [0.1, 0.15) is 19.8 Å². The van der Waals surface area contributed by atoms with Crippen molar-refractivity contribution >= 4 is 0 Å². The Kier molecular flexibility index (Phi) is 5.42. The van der Waals surface area contributed by atoms with Gasteiger partial charge in [0.15, 0.2) is 0 Å². The van der Waals surface area contributed by atoms with Crippen LogP contribution >= 0.6 is 0 Å². The van der Waals surface area contributed by atoms with Gasteiger partial charge in [-0.15, -0.1) is 0 Å². The van der Waals surface area contributed by atoms with Gasteiger partial charge in [0, 0.05) is 45.4 Å². The first kappa shape index (κ1) is 14.3. The van der Waals surface area contributed by atoms with Gasteiger partial charge in [0.25, 0.3) is 0 Å². The molecule has 1 unspecified atom stereocenters. The third kappa shape index (κ3) is 3.67. The minimum absolute atomic E-state index is 0.675. The number of piperazine rings is 1. The minimum Gasteiger partial charge on any atom is -0.383 e. The fourth-order valence-corrected chi connectivity index (χ4v) is 3.26. The molecule has 1 atom stereocenters. The third-order valence-corrected chi connectivity index (χ3v) is 4.58. The highest BCUT2D eigenvalue weighted by molar-refractivity contribution is 4.86. The molecule has 2 fully saturated rings. The van der Waals surface area contributed by atoms with Gasteiger partial charge in [0.1, 0.15) is 0 Å². The maximum Gasteiger partial charge on any atom is 0.0589 e. The summed E-state index contributed by atoms with van der Waals surface area (Å²) in [7, 11) is 4.03. The maximum atomic E-state index is 5.19. The van der Waals surface area contributed by atoms with E-state index in [4.69, 9.17) is 4.74 Å². The van der Waals surface area contributed by atoms with Gasteiger partial charge < -0.3 is 9.64 Å². The fraction of sp³-hybridized carbons (Fsp3) is 1.00. The molecule has 0 bridgehead atoms. The summed E-state index contributed by atoms with van der Waals surface area (Å²) in [6, 6.07) is 1.50. The lowest BCUT2D eigenvalue weighted by atomic mass is 10.0. The van der Waals surface area contributed by atoms with Crippen molar-refractivity contribution in [3.63, 3.8) is 0 Å². The number of methoxy groups -OCH3 is 1. The SMILES string of the molecule is COCCN1CCN(C2CCN(C)CC2)CC1C. The molecule has 4 heteroatoms. The molecule has 2 heterocycles. The van der Waals surface area contributed by atoms with Crippen LogP contribution in [-0.2, 0) is 4.74 Å². The van der Waals surface area contributed by atoms with Crippen LogP contribution in [0.15, 0.2) is 0 Å². The Bertz CT molecular complexity index is 241. The second kappa shape index (κ2) is 6.85. The number of likely N-dealkylation sites (tertiary alicyclic amines) is 1. The largest absolute Gasteiger partial charge is 0.383 e. The molecule has 0 spiro atoms. The van der Waals surface area contributed by atoms with Gasteiger partial charge in [-0.1, -0.05) is 0 Å². The van der Waals surface area contributed by atoms with Crippen molar-refractivity contribution in [3.8, 4) is 0 Å². The Balaban J connectivity index is 1.77. The number of rotatable bonds is 4. The Morgan fingerprint density at radius 3 is 2.44 bits per heavy atom. The topological polar surface area (TPSA) is 19.0 Å². The molecule has 0 saturated carbocycles. The van der Waals surface area contributed by atoms with Gasteiger partial charge in [-0.2, -0.15) is 0 Å². The van der Waals surface area contributed by atoms with Crippen molar-refractivity contribution in [1.29, 1.82) is 0 Å². The first-order valence-electron chi connectivity index (χ1n) is 7.36. The molecule has 0 aliphatic carbocycles. The molecular formula is C14H29N3O. The van der Waals surface area contributed by atoms with Gasteiger partial charge in [-0.3, -0.25) is 9.80 Å². The molecule has 0 amide bonds. The zero-order valence-corrected chi connectivity index (χ0v) is 12.3. The normalized spacial score (nSPS) is 29.8. The van der Waals surface area contributed by atoms with E-state index in [0.717, 1.165) is 19.2 Å². The highest BCUT2D eigenvalue weighted by Gasteiger charge is 2.29. The number of piperidine rings is 1. The van der Waals surface area contributed by atoms with Gasteiger partial charge in [-0.05, 0) is 39.9 Å². The first-order valence-corrected chi connectivity index (χ1v) is 7.36. The lowest BCUT2D eigenvalue weighted by Gasteiger charge is -2.45. The van der Waals surface area contributed by atoms with Crippen LogP contribution in [0.5, 0.6) is 0 Å². The molecule has 0 aromatic carbocycles. The van der Waals surface area contributed by atoms with E-state index in [0.29, 0.717) is 6.04 Å². The van der Waals surface area contributed by atoms with Crippen LogP contribution in [0, 0.1) is 0 Å². The second-order valence-electron chi connectivity index (χ2n) is 5.91. The number of hydrogen-bond donors (Lipinski definition) is 0. The molecule has 106 valence electrons. The molecule has 0 N–H and O–H groups in total. The first-order chi connectivity index (χ1) is 8.70. The van der Waals surface area contributed by atoms with Crippen LogP contribution < -0.4 is 0 Å². The lowest BCUT2D eigenvalue weighted by Crippen LogP contribution is -2.56. The Labute approximate surface area is 112 Å². The zero-order chi connectivity index (χ0) is 13.0. The van der Waals surface area contributed by atoms with E-state index in [1.54, 1.807) is 7.11 Å². The Morgan fingerprint density at radius 1 is 1.11 bits per heavy atom. The van der Waals surface area contributed by atoms with Crippen LogP contribution in [-0.4, -0.2) is 86.8 Å². The molecule has 0 aromatic heterocycles. The average molecular weight is 255 g/mol. The number of ether oxygens (including phenoxy) is 1. The van der Waals surface area contributed by atoms with E-state index < -0.39 is 0 Å². The summed E-state index contributed by atoms with van der Waals surface area (Å²) in [6.45, 7) is 10.5. The van der Waals surface area contributed by atoms with Gasteiger partial charge in [0.05, 0.1) is 6.61 Å². The van der Waals surface area contributed by atoms with E-state index in [2.05, 4.69) is 28.7 Å². The van der Waals surface area contributed by atoms with Gasteiger partial charge in [-0.25, -0.2) is 0 Å². The van der Waals surface area contributed by atoms with Gasteiger partial charge >= 0.3 is 0 Å². The molecule has 4 nitrogen and oxygen atoms in total. The van der Waals surface area contributed by atoms with E-state index in [1.165, 1.54) is 45.6 Å². The summed E-state index contributed by atoms with van der Waals surface area (Å²) in [5.41, 5.74) is 0. The fourth-order valence-electron chi connectivity index (χ4n) is 3.26. The molecule has 0 aromatic rings. The summed E-state index contributed by atoms with van der Waals surface area (Å²) < 4.78 is 5.19. The van der Waals surface area contributed by atoms with Crippen molar-refractivity contribution in [2.45, 2.75) is 31.8 Å². The predicted molar refractivity (Wildman–Crippen MR) is 75.0 cm³/mol. The molecule has 2 aliphatic rings. The smallest absolute Gasteiger partial charge is 0.0589 e. The lowest BCUT2D eigenvalue weighted by molar-refractivity contribution is 0.0228. The number of hydrogen-bond acceptors (Lipinski definition) is 4. The van der Waals surface area contributed by atoms with Crippen molar-refractivity contribution < 1.29 is 4.74 Å². The van der Waals surface area contributed by atoms with Crippen molar-refractivity contribution in [2.75, 3.05) is 60.0 Å². The summed E-state index contributed by atoms with van der Waals surface area (Å²) in [5, 5.41) is 0. The van der Waals surface area contributed by atoms with E-state index >= 15 is 0 Å². The van der Waals surface area contributed by atoms with Crippen molar-refractivity contribution in [2.24, 2.45) is 0 Å². The summed E-state index contributed by atoms with van der Waals surface area (Å²) >= 11 is 0. The zero-order valence-electron chi connectivity index (χ0n) is 12.3. The number of nitrogens with zero attached hydrogens (tertiary/aromatic N) is 3. The summed E-state index contributed by atoms with van der Waals surface area (Å²) in [5.74, 6) is 0. The highest BCUT2D eigenvalue weighted by Crippen LogP contribution is 2.19. The molecular weight excluding hydrogens is 226 g/mol. The van der Waals surface area contributed by atoms with Crippen molar-refractivity contribution in [3.05, 3.63) is 0 Å². The summed E-state index contributed by atoms with van der Waals surface area (Å²) in [6.07, 6.45) is 2.70. The minimum atomic E-state index is 0.675. The summed E-state index contributed by atoms with van der Waals surface area (Å²) in [4.78, 5) is 7.74. The standard InChI is InChI=1S/C14H29N3O/c1-13-12-17(9-8-16(13)10-11-18-3)14-4-6-15(2)7-5-14/h13-14H,4-12H2,1-3H3. The monoisotopic (exact) mass is 255 g/mol. The quantitative estimate of drug-likeness (QED) is 0.737. The second-order valence-corrected chi connectivity index (χ2v) is 5.91. The highest BCUT2D eigenvalue weighted by atomic mass is 16.5. The van der Waals surface area contributed by atoms with Crippen LogP contribution in [0.3, 0.4) is 0 Å². The molecule has 2 rings (SSSR count). The maximum absolute atomic E-state index is 5.19. The van der Waals surface area contributed by atoms with Gasteiger partial charge in [0.2, 0.25) is 0 Å². The van der Waals surface area contributed by atoms with Crippen molar-refractivity contribution in [1.82, 2.24) is 14.7 Å². The predicted octanol–water partition coefficient (Wildman–Crippen LogP) is 0.733. The Hall–Kier alpha value is -0.160. The van der Waals surface area contributed by atoms with E-state index in [9.17, 15) is 0 Å².